The van der Waals surface area contributed by atoms with Crippen LogP contribution < -0.4 is 5.32 Å². The highest BCUT2D eigenvalue weighted by Crippen LogP contribution is 2.38. The van der Waals surface area contributed by atoms with Gasteiger partial charge in [-0.25, -0.2) is 4.98 Å². The van der Waals surface area contributed by atoms with E-state index >= 15 is 0 Å². The molecule has 1 aliphatic carbocycles. The summed E-state index contributed by atoms with van der Waals surface area (Å²) in [5, 5.41) is 16.6. The molecular formula is C19H21N3O3S2. The first-order valence-electron chi connectivity index (χ1n) is 9.00. The highest BCUT2D eigenvalue weighted by Gasteiger charge is 2.25. The third kappa shape index (κ3) is 4.02. The van der Waals surface area contributed by atoms with Crippen LogP contribution in [0.1, 0.15) is 37.1 Å². The monoisotopic (exact) mass is 403 g/mol. The van der Waals surface area contributed by atoms with Crippen LogP contribution in [0.5, 0.6) is 0 Å². The van der Waals surface area contributed by atoms with Crippen molar-refractivity contribution in [2.24, 2.45) is 5.92 Å². The van der Waals surface area contributed by atoms with Gasteiger partial charge in [-0.1, -0.05) is 16.9 Å². The average Bonchev–Trinajstić information content (AvgIpc) is 3.19. The molecule has 8 heteroatoms. The Bertz CT molecular complexity index is 954. The number of thiazole rings is 1. The van der Waals surface area contributed by atoms with Crippen LogP contribution in [0.25, 0.3) is 10.2 Å². The van der Waals surface area contributed by atoms with Crippen molar-refractivity contribution in [1.82, 2.24) is 10.1 Å². The van der Waals surface area contributed by atoms with Crippen LogP contribution in [0.2, 0.25) is 0 Å². The van der Waals surface area contributed by atoms with Crippen molar-refractivity contribution < 1.29 is 14.4 Å². The molecule has 1 aromatic carbocycles. The van der Waals surface area contributed by atoms with E-state index in [1.54, 1.807) is 23.1 Å². The summed E-state index contributed by atoms with van der Waals surface area (Å²) >= 11 is 3.14. The number of hydrogen-bond acceptors (Lipinski definition) is 7. The minimum absolute atomic E-state index is 0.0174. The van der Waals surface area contributed by atoms with Crippen molar-refractivity contribution in [2.45, 2.75) is 54.9 Å². The number of amides is 1. The van der Waals surface area contributed by atoms with Gasteiger partial charge in [-0.15, -0.1) is 11.3 Å². The molecule has 6 nitrogen and oxygen atoms in total. The zero-order valence-corrected chi connectivity index (χ0v) is 16.8. The summed E-state index contributed by atoms with van der Waals surface area (Å²) in [5.74, 6) is 0.814. The van der Waals surface area contributed by atoms with Crippen LogP contribution in [-0.4, -0.2) is 27.3 Å². The molecule has 0 aliphatic heterocycles. The van der Waals surface area contributed by atoms with E-state index in [0.717, 1.165) is 49.4 Å². The molecule has 27 heavy (non-hydrogen) atoms. The smallest absolute Gasteiger partial charge is 0.227 e. The van der Waals surface area contributed by atoms with Gasteiger partial charge in [0.05, 0.1) is 26.9 Å². The summed E-state index contributed by atoms with van der Waals surface area (Å²) in [6, 6.07) is 5.80. The van der Waals surface area contributed by atoms with Crippen molar-refractivity contribution in [3.8, 4) is 0 Å². The molecule has 3 aromatic rings. The van der Waals surface area contributed by atoms with Crippen LogP contribution in [0, 0.1) is 19.8 Å². The van der Waals surface area contributed by atoms with Crippen LogP contribution >= 0.6 is 23.1 Å². The van der Waals surface area contributed by atoms with Gasteiger partial charge in [0, 0.05) is 11.6 Å². The third-order valence-electron chi connectivity index (χ3n) is 4.86. The second-order valence-electron chi connectivity index (χ2n) is 6.91. The number of nitrogens with zero attached hydrogens (tertiary/aromatic N) is 2. The molecule has 2 heterocycles. The molecule has 142 valence electrons. The first kappa shape index (κ1) is 18.5. The summed E-state index contributed by atoms with van der Waals surface area (Å²) < 4.78 is 7.16. The SMILES string of the molecule is Cc1noc(C)c1Sc1nc2ccc(NC(=O)C3CCC(O)CC3)cc2s1. The minimum atomic E-state index is -0.254. The van der Waals surface area contributed by atoms with Crippen molar-refractivity contribution >= 4 is 44.9 Å². The van der Waals surface area contributed by atoms with E-state index in [0.29, 0.717) is 12.8 Å². The third-order valence-corrected chi connectivity index (χ3v) is 7.23. The molecule has 0 saturated heterocycles. The van der Waals surface area contributed by atoms with E-state index < -0.39 is 0 Å². The molecule has 1 fully saturated rings. The normalized spacial score (nSPS) is 20.1. The van der Waals surface area contributed by atoms with E-state index in [2.05, 4.69) is 15.5 Å². The molecular weight excluding hydrogens is 382 g/mol. The number of carbonyl (C=O) groups is 1. The number of aryl methyl sites for hydroxylation is 2. The highest BCUT2D eigenvalue weighted by molar-refractivity contribution is 8.01. The maximum atomic E-state index is 12.5. The Balaban J connectivity index is 1.48. The Labute approximate surface area is 165 Å². The number of carbonyl (C=O) groups excluding carboxylic acids is 1. The second-order valence-corrected chi connectivity index (χ2v) is 9.20. The van der Waals surface area contributed by atoms with E-state index in [1.165, 1.54) is 0 Å². The van der Waals surface area contributed by atoms with Crippen molar-refractivity contribution in [3.63, 3.8) is 0 Å². The lowest BCUT2D eigenvalue weighted by Gasteiger charge is -2.24. The van der Waals surface area contributed by atoms with E-state index in [-0.39, 0.29) is 17.9 Å². The summed E-state index contributed by atoms with van der Waals surface area (Å²) in [6.45, 7) is 3.82. The number of benzene rings is 1. The van der Waals surface area contributed by atoms with Gasteiger partial charge in [-0.2, -0.15) is 0 Å². The fourth-order valence-electron chi connectivity index (χ4n) is 3.31. The zero-order chi connectivity index (χ0) is 19.0. The van der Waals surface area contributed by atoms with Crippen LogP contribution in [0.4, 0.5) is 5.69 Å². The van der Waals surface area contributed by atoms with E-state index in [9.17, 15) is 9.90 Å². The first-order chi connectivity index (χ1) is 13.0. The summed E-state index contributed by atoms with van der Waals surface area (Å²) in [6.07, 6.45) is 2.64. The number of aromatic nitrogens is 2. The van der Waals surface area contributed by atoms with Crippen molar-refractivity contribution in [3.05, 3.63) is 29.7 Å². The lowest BCUT2D eigenvalue weighted by Crippen LogP contribution is -2.28. The molecule has 1 amide bonds. The topological polar surface area (TPSA) is 88.3 Å². The number of rotatable bonds is 4. The van der Waals surface area contributed by atoms with Gasteiger partial charge in [0.25, 0.3) is 0 Å². The number of fused-ring (bicyclic) bond motifs is 1. The Morgan fingerprint density at radius 1 is 1.30 bits per heavy atom. The molecule has 1 aliphatic rings. The zero-order valence-electron chi connectivity index (χ0n) is 15.2. The van der Waals surface area contributed by atoms with Crippen LogP contribution in [0.15, 0.2) is 32.0 Å². The Morgan fingerprint density at radius 3 is 2.78 bits per heavy atom. The van der Waals surface area contributed by atoms with Gasteiger partial charge < -0.3 is 14.9 Å². The molecule has 1 saturated carbocycles. The maximum absolute atomic E-state index is 12.5. The van der Waals surface area contributed by atoms with Crippen LogP contribution in [-0.2, 0) is 4.79 Å². The number of nitrogens with one attached hydrogen (secondary N) is 1. The summed E-state index contributed by atoms with van der Waals surface area (Å²) in [5.41, 5.74) is 2.56. The first-order valence-corrected chi connectivity index (χ1v) is 10.6. The predicted molar refractivity (Wildman–Crippen MR) is 106 cm³/mol. The van der Waals surface area contributed by atoms with E-state index in [1.807, 2.05) is 32.0 Å². The second kappa shape index (κ2) is 7.61. The van der Waals surface area contributed by atoms with Gasteiger partial charge in [0.15, 0.2) is 4.34 Å². The molecule has 2 aromatic heterocycles. The highest BCUT2D eigenvalue weighted by atomic mass is 32.2. The number of aliphatic hydroxyl groups is 1. The van der Waals surface area contributed by atoms with Crippen molar-refractivity contribution in [2.75, 3.05) is 5.32 Å². The van der Waals surface area contributed by atoms with Gasteiger partial charge >= 0.3 is 0 Å². The maximum Gasteiger partial charge on any atom is 0.227 e. The Hall–Kier alpha value is -1.90. The number of aliphatic hydroxyl groups excluding tert-OH is 1. The van der Waals surface area contributed by atoms with Gasteiger partial charge in [0.1, 0.15) is 5.76 Å². The minimum Gasteiger partial charge on any atom is -0.393 e. The average molecular weight is 404 g/mol. The quantitative estimate of drug-likeness (QED) is 0.665. The number of anilines is 1. The Kier molecular flexibility index (Phi) is 5.21. The molecule has 0 atom stereocenters. The van der Waals surface area contributed by atoms with Gasteiger partial charge in [-0.05, 0) is 57.7 Å². The lowest BCUT2D eigenvalue weighted by atomic mass is 9.87. The van der Waals surface area contributed by atoms with Crippen LogP contribution in [0.3, 0.4) is 0 Å². The number of hydrogen-bond donors (Lipinski definition) is 2. The van der Waals surface area contributed by atoms with Gasteiger partial charge in [0.2, 0.25) is 5.91 Å². The standard InChI is InChI=1S/C19H21N3O3S2/c1-10-17(11(2)25-22-10)27-19-21-15-8-5-13(9-16(15)26-19)20-18(24)12-3-6-14(23)7-4-12/h5,8-9,12,14,23H,3-4,6-7H2,1-2H3,(H,20,24). The molecule has 0 spiro atoms. The fourth-order valence-corrected chi connectivity index (χ4v) is 5.42. The van der Waals surface area contributed by atoms with Crippen molar-refractivity contribution in [1.29, 1.82) is 0 Å². The molecule has 0 bridgehead atoms. The fraction of sp³-hybridized carbons (Fsp3) is 0.421. The molecule has 0 radical (unpaired) electrons. The largest absolute Gasteiger partial charge is 0.393 e. The predicted octanol–water partition coefficient (Wildman–Crippen LogP) is 4.54. The summed E-state index contributed by atoms with van der Waals surface area (Å²) in [7, 11) is 0. The summed E-state index contributed by atoms with van der Waals surface area (Å²) in [4.78, 5) is 18.1. The molecule has 2 N–H and O–H groups in total. The Morgan fingerprint density at radius 2 is 2.07 bits per heavy atom. The molecule has 4 rings (SSSR count). The van der Waals surface area contributed by atoms with E-state index in [4.69, 9.17) is 4.52 Å². The van der Waals surface area contributed by atoms with Gasteiger partial charge in [-0.3, -0.25) is 4.79 Å². The molecule has 0 unspecified atom stereocenters. The lowest BCUT2D eigenvalue weighted by molar-refractivity contribution is -0.121.